The summed E-state index contributed by atoms with van der Waals surface area (Å²) in [5.74, 6) is 0.908. The predicted octanol–water partition coefficient (Wildman–Crippen LogP) is 3.18. The molecule has 1 saturated heterocycles. The van der Waals surface area contributed by atoms with Crippen molar-refractivity contribution in [3.63, 3.8) is 0 Å². The zero-order valence-corrected chi connectivity index (χ0v) is 17.2. The first-order valence-corrected chi connectivity index (χ1v) is 10.4. The Balaban J connectivity index is 1.34. The first-order chi connectivity index (χ1) is 15.3. The van der Waals surface area contributed by atoms with Crippen LogP contribution in [0.2, 0.25) is 0 Å². The van der Waals surface area contributed by atoms with E-state index >= 15 is 0 Å². The van der Waals surface area contributed by atoms with Gasteiger partial charge in [0.25, 0.3) is 0 Å². The molecule has 2 aromatic rings. The minimum Gasteiger partial charge on any atom is -0.477 e. The minimum atomic E-state index is -4.58. The number of pyridine rings is 2. The van der Waals surface area contributed by atoms with Gasteiger partial charge in [-0.1, -0.05) is 6.42 Å². The Hall–Kier alpha value is -3.08. The van der Waals surface area contributed by atoms with Gasteiger partial charge in [-0.3, -0.25) is 0 Å². The number of alkyl halides is 3. The number of rotatable bonds is 7. The molecule has 11 heteroatoms. The number of carbonyl (C=O) groups is 1. The number of hydrogen-bond acceptors (Lipinski definition) is 6. The molecule has 1 aliphatic carbocycles. The fraction of sp³-hybridized carbons (Fsp3) is 0.476. The quantitative estimate of drug-likeness (QED) is 0.598. The van der Waals surface area contributed by atoms with Crippen molar-refractivity contribution in [2.45, 2.75) is 38.1 Å². The molecule has 2 amide bonds. The van der Waals surface area contributed by atoms with Crippen molar-refractivity contribution in [3.05, 3.63) is 41.7 Å². The van der Waals surface area contributed by atoms with Crippen LogP contribution in [-0.4, -0.2) is 46.9 Å². The second kappa shape index (κ2) is 9.19. The van der Waals surface area contributed by atoms with Gasteiger partial charge in [-0.05, 0) is 43.0 Å². The van der Waals surface area contributed by atoms with E-state index < -0.39 is 17.9 Å². The number of nitrogens with zero attached hydrogens (tertiary/aromatic N) is 3. The predicted molar refractivity (Wildman–Crippen MR) is 110 cm³/mol. The zero-order chi connectivity index (χ0) is 22.7. The molecular weight excluding hydrogens is 427 g/mol. The lowest BCUT2D eigenvalue weighted by Crippen LogP contribution is -2.51. The van der Waals surface area contributed by atoms with Crippen molar-refractivity contribution in [3.8, 4) is 5.88 Å². The maximum absolute atomic E-state index is 13.0. The molecule has 0 radical (unpaired) electrons. The molecule has 1 saturated carbocycles. The maximum Gasteiger partial charge on any atom is 0.433 e. The molecule has 0 spiro atoms. The normalized spacial score (nSPS) is 16.8. The second-order valence-electron chi connectivity index (χ2n) is 8.04. The lowest BCUT2D eigenvalue weighted by Gasteiger charge is -2.36. The molecular formula is C21H24F3N5O3. The summed E-state index contributed by atoms with van der Waals surface area (Å²) in [5, 5.41) is 14.6. The molecule has 3 N–H and O–H groups in total. The highest BCUT2D eigenvalue weighted by molar-refractivity contribution is 5.89. The Labute approximate surface area is 182 Å². The van der Waals surface area contributed by atoms with E-state index in [1.54, 1.807) is 12.1 Å². The average Bonchev–Trinajstić information content (AvgIpc) is 2.69. The van der Waals surface area contributed by atoms with E-state index in [2.05, 4.69) is 20.6 Å². The number of ether oxygens (including phenoxy) is 1. The van der Waals surface area contributed by atoms with E-state index in [9.17, 15) is 23.1 Å². The topological polar surface area (TPSA) is 99.6 Å². The Morgan fingerprint density at radius 3 is 2.59 bits per heavy atom. The van der Waals surface area contributed by atoms with Gasteiger partial charge in [0.2, 0.25) is 5.88 Å². The number of aliphatic hydroxyl groups excluding tert-OH is 1. The number of hydrogen-bond donors (Lipinski definition) is 3. The maximum atomic E-state index is 13.0. The first-order valence-electron chi connectivity index (χ1n) is 10.4. The Morgan fingerprint density at radius 1 is 1.22 bits per heavy atom. The number of aromatic nitrogens is 2. The van der Waals surface area contributed by atoms with Crippen LogP contribution in [0.5, 0.6) is 5.88 Å². The number of halogens is 3. The third-order valence-corrected chi connectivity index (χ3v) is 5.54. The van der Waals surface area contributed by atoms with Crippen LogP contribution < -0.4 is 20.3 Å². The summed E-state index contributed by atoms with van der Waals surface area (Å²) in [6.07, 6.45) is -0.366. The van der Waals surface area contributed by atoms with Crippen LogP contribution in [0.1, 0.15) is 30.5 Å². The van der Waals surface area contributed by atoms with Gasteiger partial charge in [0.05, 0.1) is 24.6 Å². The highest BCUT2D eigenvalue weighted by Crippen LogP contribution is 2.32. The van der Waals surface area contributed by atoms with Crippen molar-refractivity contribution < 1.29 is 27.8 Å². The molecule has 32 heavy (non-hydrogen) atoms. The number of nitrogens with one attached hydrogen (secondary N) is 2. The lowest BCUT2D eigenvalue weighted by molar-refractivity contribution is -0.141. The van der Waals surface area contributed by atoms with Gasteiger partial charge in [-0.25, -0.2) is 14.8 Å². The largest absolute Gasteiger partial charge is 0.477 e. The van der Waals surface area contributed by atoms with Crippen LogP contribution >= 0.6 is 0 Å². The van der Waals surface area contributed by atoms with Crippen molar-refractivity contribution in [2.24, 2.45) is 5.92 Å². The molecule has 1 aliphatic heterocycles. The molecule has 0 aromatic carbocycles. The summed E-state index contributed by atoms with van der Waals surface area (Å²) in [7, 11) is 0. The summed E-state index contributed by atoms with van der Waals surface area (Å²) in [6.45, 7) is 1.30. The highest BCUT2D eigenvalue weighted by Gasteiger charge is 2.33. The SMILES string of the molecule is O=C(NCc1ccc(C(F)(F)F)nc1OCC1CCC1)Nc1ccc(N2CC(O)C2)nc1. The summed E-state index contributed by atoms with van der Waals surface area (Å²) < 4.78 is 44.7. The average molecular weight is 451 g/mol. The van der Waals surface area contributed by atoms with E-state index in [0.29, 0.717) is 42.7 Å². The standard InChI is InChI=1S/C21H24F3N5O3/c22-21(23,24)17-6-4-14(19(28-17)32-12-13-2-1-3-13)8-26-20(31)27-15-5-7-18(25-9-15)29-10-16(30)11-29/h4-7,9,13,16,30H,1-3,8,10-12H2,(H2,26,27,31). The van der Waals surface area contributed by atoms with E-state index in [1.165, 1.54) is 12.3 Å². The zero-order valence-electron chi connectivity index (χ0n) is 17.2. The van der Waals surface area contributed by atoms with E-state index in [-0.39, 0.29) is 18.5 Å². The van der Waals surface area contributed by atoms with Crippen molar-refractivity contribution in [1.82, 2.24) is 15.3 Å². The molecule has 0 atom stereocenters. The number of anilines is 2. The summed E-state index contributed by atoms with van der Waals surface area (Å²) in [5.41, 5.74) is -0.216. The van der Waals surface area contributed by atoms with E-state index in [0.717, 1.165) is 25.3 Å². The third kappa shape index (κ3) is 5.39. The van der Waals surface area contributed by atoms with Gasteiger partial charge in [-0.2, -0.15) is 13.2 Å². The summed E-state index contributed by atoms with van der Waals surface area (Å²) in [4.78, 5) is 22.0. The van der Waals surface area contributed by atoms with Crippen molar-refractivity contribution in [1.29, 1.82) is 0 Å². The molecule has 2 aromatic heterocycles. The molecule has 8 nitrogen and oxygen atoms in total. The van der Waals surface area contributed by atoms with Gasteiger partial charge < -0.3 is 25.4 Å². The van der Waals surface area contributed by atoms with Gasteiger partial charge in [0.1, 0.15) is 11.5 Å². The van der Waals surface area contributed by atoms with Crippen LogP contribution in [0.25, 0.3) is 0 Å². The molecule has 172 valence electrons. The molecule has 0 bridgehead atoms. The van der Waals surface area contributed by atoms with Crippen molar-refractivity contribution in [2.75, 3.05) is 29.9 Å². The Bertz CT molecular complexity index is 945. The van der Waals surface area contributed by atoms with Gasteiger partial charge in [-0.15, -0.1) is 0 Å². The number of β-amino-alcohol motifs (C(OH)–C–C–N with tert-alkyl or cyclic N) is 1. The molecule has 3 heterocycles. The van der Waals surface area contributed by atoms with Crippen LogP contribution in [0.3, 0.4) is 0 Å². The molecule has 0 unspecified atom stereocenters. The monoisotopic (exact) mass is 451 g/mol. The summed E-state index contributed by atoms with van der Waals surface area (Å²) >= 11 is 0. The molecule has 2 aliphatic rings. The number of amides is 2. The Morgan fingerprint density at radius 2 is 2.00 bits per heavy atom. The number of urea groups is 1. The fourth-order valence-electron chi connectivity index (χ4n) is 3.38. The van der Waals surface area contributed by atoms with Crippen LogP contribution in [0.15, 0.2) is 30.5 Å². The van der Waals surface area contributed by atoms with Crippen LogP contribution in [-0.2, 0) is 12.7 Å². The van der Waals surface area contributed by atoms with Gasteiger partial charge in [0, 0.05) is 25.2 Å². The molecule has 2 fully saturated rings. The third-order valence-electron chi connectivity index (χ3n) is 5.54. The fourth-order valence-corrected chi connectivity index (χ4v) is 3.38. The molecule has 4 rings (SSSR count). The first kappa shape index (κ1) is 22.1. The smallest absolute Gasteiger partial charge is 0.433 e. The second-order valence-corrected chi connectivity index (χ2v) is 8.04. The highest BCUT2D eigenvalue weighted by atomic mass is 19.4. The van der Waals surface area contributed by atoms with E-state index in [1.807, 2.05) is 4.90 Å². The lowest BCUT2D eigenvalue weighted by atomic mass is 9.86. The van der Waals surface area contributed by atoms with Gasteiger partial charge in [0.15, 0.2) is 0 Å². The van der Waals surface area contributed by atoms with Crippen LogP contribution in [0.4, 0.5) is 29.5 Å². The van der Waals surface area contributed by atoms with Crippen LogP contribution in [0, 0.1) is 5.92 Å². The number of carbonyl (C=O) groups excluding carboxylic acids is 1. The van der Waals surface area contributed by atoms with Gasteiger partial charge >= 0.3 is 12.2 Å². The number of aliphatic hydroxyl groups is 1. The summed E-state index contributed by atoms with van der Waals surface area (Å²) in [6, 6.07) is 5.02. The van der Waals surface area contributed by atoms with Crippen molar-refractivity contribution >= 4 is 17.5 Å². The Kier molecular flexibility index (Phi) is 6.35. The van der Waals surface area contributed by atoms with E-state index in [4.69, 9.17) is 4.74 Å². The minimum absolute atomic E-state index is 0.0475.